The maximum Gasteiger partial charge on any atom is 0.306 e. The fourth-order valence-corrected chi connectivity index (χ4v) is 3.41. The highest BCUT2D eigenvalue weighted by atomic mass is 16.5. The summed E-state index contributed by atoms with van der Waals surface area (Å²) in [6.45, 7) is 6.82. The molecule has 0 aliphatic heterocycles. The summed E-state index contributed by atoms with van der Waals surface area (Å²) in [5.41, 5.74) is 0. The Bertz CT molecular complexity index is 381. The minimum atomic E-state index is -0.206. The van der Waals surface area contributed by atoms with Crippen molar-refractivity contribution in [2.45, 2.75) is 142 Å². The van der Waals surface area contributed by atoms with Gasteiger partial charge in [0.15, 0.2) is 0 Å². The van der Waals surface area contributed by atoms with Gasteiger partial charge in [0.1, 0.15) is 0 Å². The predicted molar refractivity (Wildman–Crippen MR) is 121 cm³/mol. The predicted octanol–water partition coefficient (Wildman–Crippen LogP) is 7.52. The zero-order chi connectivity index (χ0) is 21.6. The van der Waals surface area contributed by atoms with Crippen LogP contribution in [0.5, 0.6) is 0 Å². The highest BCUT2D eigenvalue weighted by Gasteiger charge is 2.10. The molecule has 0 aromatic carbocycles. The Morgan fingerprint density at radius 3 is 1.66 bits per heavy atom. The van der Waals surface area contributed by atoms with Gasteiger partial charge in [0.2, 0.25) is 0 Å². The molecule has 0 spiro atoms. The number of hydrogen-bond acceptors (Lipinski definition) is 4. The van der Waals surface area contributed by atoms with Crippen molar-refractivity contribution < 1.29 is 19.1 Å². The van der Waals surface area contributed by atoms with E-state index in [9.17, 15) is 9.59 Å². The molecule has 0 bridgehead atoms. The van der Waals surface area contributed by atoms with Crippen LogP contribution in [0.2, 0.25) is 0 Å². The van der Waals surface area contributed by atoms with E-state index in [4.69, 9.17) is 9.47 Å². The average Bonchev–Trinajstić information content (AvgIpc) is 2.69. The smallest absolute Gasteiger partial charge is 0.306 e. The molecule has 1 unspecified atom stereocenters. The van der Waals surface area contributed by atoms with E-state index in [1.807, 2.05) is 6.92 Å². The summed E-state index contributed by atoms with van der Waals surface area (Å²) in [4.78, 5) is 23.4. The zero-order valence-corrected chi connectivity index (χ0v) is 19.6. The van der Waals surface area contributed by atoms with Gasteiger partial charge in [0.25, 0.3) is 0 Å². The van der Waals surface area contributed by atoms with Gasteiger partial charge in [-0.15, -0.1) is 0 Å². The Balaban J connectivity index is 3.34. The molecule has 1 atom stereocenters. The molecule has 4 nitrogen and oxygen atoms in total. The Labute approximate surface area is 180 Å². The van der Waals surface area contributed by atoms with Crippen molar-refractivity contribution in [1.82, 2.24) is 0 Å². The highest BCUT2D eigenvalue weighted by Crippen LogP contribution is 2.12. The van der Waals surface area contributed by atoms with Crippen LogP contribution in [0.15, 0.2) is 0 Å². The van der Waals surface area contributed by atoms with E-state index in [2.05, 4.69) is 13.8 Å². The summed E-state index contributed by atoms with van der Waals surface area (Å²) >= 11 is 0. The fraction of sp³-hybridized carbons (Fsp3) is 0.920. The van der Waals surface area contributed by atoms with E-state index in [1.54, 1.807) is 0 Å². The fourth-order valence-electron chi connectivity index (χ4n) is 3.41. The van der Waals surface area contributed by atoms with E-state index >= 15 is 0 Å². The minimum Gasteiger partial charge on any atom is -0.466 e. The van der Waals surface area contributed by atoms with Crippen LogP contribution < -0.4 is 0 Å². The van der Waals surface area contributed by atoms with Gasteiger partial charge in [-0.1, -0.05) is 97.3 Å². The second-order valence-corrected chi connectivity index (χ2v) is 8.41. The average molecular weight is 413 g/mol. The monoisotopic (exact) mass is 412 g/mol. The Kier molecular flexibility index (Phi) is 20.9. The zero-order valence-electron chi connectivity index (χ0n) is 19.6. The minimum absolute atomic E-state index is 0.0276. The van der Waals surface area contributed by atoms with Gasteiger partial charge in [-0.3, -0.25) is 9.59 Å². The molecule has 29 heavy (non-hydrogen) atoms. The van der Waals surface area contributed by atoms with E-state index in [-0.39, 0.29) is 18.0 Å². The van der Waals surface area contributed by atoms with Crippen LogP contribution in [0.1, 0.15) is 136 Å². The molecule has 0 aromatic heterocycles. The first-order valence-corrected chi connectivity index (χ1v) is 12.4. The first-order valence-electron chi connectivity index (χ1n) is 12.4. The normalized spacial score (nSPS) is 12.0. The molecule has 0 aliphatic rings. The standard InChI is InChI=1S/C25H48O4/c1-4-6-8-9-10-11-12-13-14-15-16-17-22-28-24(26)20-18-21-25(27)29-23(3)19-7-5-2/h23H,4-22H2,1-3H3. The molecule has 0 saturated heterocycles. The van der Waals surface area contributed by atoms with Gasteiger partial charge < -0.3 is 9.47 Å². The quantitative estimate of drug-likeness (QED) is 0.144. The van der Waals surface area contributed by atoms with Gasteiger partial charge in [-0.2, -0.15) is 0 Å². The van der Waals surface area contributed by atoms with E-state index in [1.165, 1.54) is 64.2 Å². The molecule has 0 rings (SSSR count). The van der Waals surface area contributed by atoms with Crippen molar-refractivity contribution in [1.29, 1.82) is 0 Å². The lowest BCUT2D eigenvalue weighted by atomic mass is 10.1. The summed E-state index contributed by atoms with van der Waals surface area (Å²) in [6.07, 6.45) is 19.7. The molecular formula is C25H48O4. The first kappa shape index (κ1) is 27.9. The lowest BCUT2D eigenvalue weighted by Crippen LogP contribution is -2.15. The second-order valence-electron chi connectivity index (χ2n) is 8.41. The first-order chi connectivity index (χ1) is 14.1. The third-order valence-corrected chi connectivity index (χ3v) is 5.32. The molecule has 0 heterocycles. The number of carbonyl (C=O) groups is 2. The van der Waals surface area contributed by atoms with Crippen LogP contribution in [0.25, 0.3) is 0 Å². The number of carbonyl (C=O) groups excluding carboxylic acids is 2. The number of unbranched alkanes of at least 4 members (excludes halogenated alkanes) is 12. The van der Waals surface area contributed by atoms with Gasteiger partial charge in [0, 0.05) is 12.8 Å². The maximum absolute atomic E-state index is 11.7. The maximum atomic E-state index is 11.7. The summed E-state index contributed by atoms with van der Waals surface area (Å²) < 4.78 is 10.6. The number of esters is 2. The summed E-state index contributed by atoms with van der Waals surface area (Å²) in [6, 6.07) is 0. The molecule has 0 aliphatic carbocycles. The number of hydrogen-bond donors (Lipinski definition) is 0. The van der Waals surface area contributed by atoms with Gasteiger partial charge in [-0.25, -0.2) is 0 Å². The van der Waals surface area contributed by atoms with E-state index in [0.29, 0.717) is 25.9 Å². The van der Waals surface area contributed by atoms with Crippen LogP contribution in [-0.2, 0) is 19.1 Å². The summed E-state index contributed by atoms with van der Waals surface area (Å²) in [5, 5.41) is 0. The number of ether oxygens (including phenoxy) is 2. The Morgan fingerprint density at radius 2 is 1.10 bits per heavy atom. The van der Waals surface area contributed by atoms with Crippen molar-refractivity contribution in [3.63, 3.8) is 0 Å². The number of rotatable bonds is 21. The van der Waals surface area contributed by atoms with Crippen LogP contribution in [0.4, 0.5) is 0 Å². The molecule has 0 radical (unpaired) electrons. The van der Waals surface area contributed by atoms with Gasteiger partial charge >= 0.3 is 11.9 Å². The second kappa shape index (κ2) is 21.6. The van der Waals surface area contributed by atoms with Gasteiger partial charge in [-0.05, 0) is 26.2 Å². The Morgan fingerprint density at radius 1 is 0.621 bits per heavy atom. The molecule has 0 fully saturated rings. The third-order valence-electron chi connectivity index (χ3n) is 5.32. The molecule has 0 N–H and O–H groups in total. The van der Waals surface area contributed by atoms with Crippen LogP contribution in [0.3, 0.4) is 0 Å². The largest absolute Gasteiger partial charge is 0.466 e. The molecule has 4 heteroatoms. The van der Waals surface area contributed by atoms with Crippen molar-refractivity contribution >= 4 is 11.9 Å². The van der Waals surface area contributed by atoms with Gasteiger partial charge in [0.05, 0.1) is 12.7 Å². The topological polar surface area (TPSA) is 52.6 Å². The van der Waals surface area contributed by atoms with Crippen LogP contribution in [0, 0.1) is 0 Å². The molecule has 0 amide bonds. The molecule has 0 aromatic rings. The van der Waals surface area contributed by atoms with E-state index in [0.717, 1.165) is 32.1 Å². The summed E-state index contributed by atoms with van der Waals surface area (Å²) in [7, 11) is 0. The summed E-state index contributed by atoms with van der Waals surface area (Å²) in [5.74, 6) is -0.401. The van der Waals surface area contributed by atoms with Crippen molar-refractivity contribution in [2.24, 2.45) is 0 Å². The van der Waals surface area contributed by atoms with Crippen molar-refractivity contribution in [3.8, 4) is 0 Å². The van der Waals surface area contributed by atoms with Crippen LogP contribution >= 0.6 is 0 Å². The SMILES string of the molecule is CCCCCCCCCCCCCCOC(=O)CCCC(=O)OC(C)CCCC. The third kappa shape index (κ3) is 21.5. The molecule has 0 saturated carbocycles. The van der Waals surface area contributed by atoms with Crippen molar-refractivity contribution in [3.05, 3.63) is 0 Å². The molecule has 172 valence electrons. The molecular weight excluding hydrogens is 364 g/mol. The highest BCUT2D eigenvalue weighted by molar-refractivity contribution is 5.72. The lowest BCUT2D eigenvalue weighted by molar-refractivity contribution is -0.149. The van der Waals surface area contributed by atoms with E-state index < -0.39 is 0 Å². The van der Waals surface area contributed by atoms with Crippen LogP contribution in [-0.4, -0.2) is 24.6 Å². The lowest BCUT2D eigenvalue weighted by Gasteiger charge is -2.12. The Hall–Kier alpha value is -1.06. The van der Waals surface area contributed by atoms with Crippen molar-refractivity contribution in [2.75, 3.05) is 6.61 Å².